The highest BCUT2D eigenvalue weighted by molar-refractivity contribution is 5.26. The molecule has 82 valence electrons. The second-order valence-electron chi connectivity index (χ2n) is 4.12. The molecule has 2 rings (SSSR count). The summed E-state index contributed by atoms with van der Waals surface area (Å²) in [5.74, 6) is 0.693. The largest absolute Gasteiger partial charge is 0.376 e. The van der Waals surface area contributed by atoms with Crippen LogP contribution in [0.4, 0.5) is 5.95 Å². The van der Waals surface area contributed by atoms with E-state index in [0.29, 0.717) is 5.95 Å². The minimum atomic E-state index is 0.0209. The first-order valence-corrected chi connectivity index (χ1v) is 5.33. The van der Waals surface area contributed by atoms with E-state index >= 15 is 0 Å². The fraction of sp³-hybridized carbons (Fsp3) is 0.636. The van der Waals surface area contributed by atoms with Crippen LogP contribution in [-0.4, -0.2) is 29.2 Å². The SMILES string of the molecule is COC1(CNc2nccc(C)n2)CCC1. The fourth-order valence-electron chi connectivity index (χ4n) is 1.80. The summed E-state index contributed by atoms with van der Waals surface area (Å²) in [6, 6.07) is 1.89. The van der Waals surface area contributed by atoms with E-state index in [4.69, 9.17) is 4.74 Å². The third-order valence-electron chi connectivity index (χ3n) is 3.06. The first-order valence-electron chi connectivity index (χ1n) is 5.33. The number of methoxy groups -OCH3 is 1. The molecule has 4 heteroatoms. The van der Waals surface area contributed by atoms with Crippen molar-refractivity contribution in [2.24, 2.45) is 0 Å². The van der Waals surface area contributed by atoms with Crippen molar-refractivity contribution in [3.05, 3.63) is 18.0 Å². The van der Waals surface area contributed by atoms with Gasteiger partial charge >= 0.3 is 0 Å². The number of aryl methyl sites for hydroxylation is 1. The third kappa shape index (κ3) is 2.26. The van der Waals surface area contributed by atoms with Crippen LogP contribution in [0.2, 0.25) is 0 Å². The number of rotatable bonds is 4. The Morgan fingerprint density at radius 1 is 1.53 bits per heavy atom. The summed E-state index contributed by atoms with van der Waals surface area (Å²) in [6.07, 6.45) is 5.28. The normalized spacial score (nSPS) is 18.3. The molecule has 0 bridgehead atoms. The summed E-state index contributed by atoms with van der Waals surface area (Å²) >= 11 is 0. The van der Waals surface area contributed by atoms with Gasteiger partial charge in [-0.3, -0.25) is 0 Å². The van der Waals surface area contributed by atoms with E-state index in [-0.39, 0.29) is 5.60 Å². The monoisotopic (exact) mass is 207 g/mol. The molecule has 0 saturated heterocycles. The first-order chi connectivity index (χ1) is 7.24. The van der Waals surface area contributed by atoms with Gasteiger partial charge in [0.1, 0.15) is 0 Å². The summed E-state index contributed by atoms with van der Waals surface area (Å²) in [4.78, 5) is 8.45. The van der Waals surface area contributed by atoms with Gasteiger partial charge in [0.05, 0.1) is 5.60 Å². The zero-order chi connectivity index (χ0) is 10.7. The van der Waals surface area contributed by atoms with Gasteiger partial charge in [-0.1, -0.05) is 0 Å². The van der Waals surface area contributed by atoms with Crippen molar-refractivity contribution >= 4 is 5.95 Å². The lowest BCUT2D eigenvalue weighted by Crippen LogP contribution is -2.45. The number of aromatic nitrogens is 2. The molecule has 1 aliphatic rings. The molecular weight excluding hydrogens is 190 g/mol. The van der Waals surface area contributed by atoms with Crippen LogP contribution in [0.1, 0.15) is 25.0 Å². The lowest BCUT2D eigenvalue weighted by Gasteiger charge is -2.40. The highest BCUT2D eigenvalue weighted by Crippen LogP contribution is 2.34. The maximum atomic E-state index is 5.51. The molecule has 1 heterocycles. The minimum Gasteiger partial charge on any atom is -0.376 e. The van der Waals surface area contributed by atoms with Gasteiger partial charge in [0.15, 0.2) is 0 Å². The molecule has 1 aromatic rings. The molecule has 1 aliphatic carbocycles. The van der Waals surface area contributed by atoms with Crippen LogP contribution in [0.3, 0.4) is 0 Å². The molecule has 0 atom stereocenters. The van der Waals surface area contributed by atoms with Gasteiger partial charge in [-0.25, -0.2) is 9.97 Å². The summed E-state index contributed by atoms with van der Waals surface area (Å²) in [5.41, 5.74) is 1.00. The summed E-state index contributed by atoms with van der Waals surface area (Å²) in [5, 5.41) is 3.23. The Bertz CT molecular complexity index is 331. The van der Waals surface area contributed by atoms with E-state index in [9.17, 15) is 0 Å². The van der Waals surface area contributed by atoms with E-state index in [2.05, 4.69) is 15.3 Å². The van der Waals surface area contributed by atoms with Crippen molar-refractivity contribution in [3.63, 3.8) is 0 Å². The molecule has 1 fully saturated rings. The van der Waals surface area contributed by atoms with E-state index in [1.54, 1.807) is 13.3 Å². The van der Waals surface area contributed by atoms with E-state index in [1.165, 1.54) is 6.42 Å². The highest BCUT2D eigenvalue weighted by Gasteiger charge is 2.36. The summed E-state index contributed by atoms with van der Waals surface area (Å²) in [6.45, 7) is 2.76. The number of hydrogen-bond acceptors (Lipinski definition) is 4. The van der Waals surface area contributed by atoms with E-state index in [1.807, 2.05) is 13.0 Å². The van der Waals surface area contributed by atoms with Crippen molar-refractivity contribution < 1.29 is 4.74 Å². The van der Waals surface area contributed by atoms with Gasteiger partial charge in [0.2, 0.25) is 5.95 Å². The molecule has 4 nitrogen and oxygen atoms in total. The lowest BCUT2D eigenvalue weighted by atomic mass is 9.80. The molecule has 15 heavy (non-hydrogen) atoms. The molecule has 1 N–H and O–H groups in total. The maximum absolute atomic E-state index is 5.51. The predicted molar refractivity (Wildman–Crippen MR) is 58.8 cm³/mol. The number of hydrogen-bond donors (Lipinski definition) is 1. The van der Waals surface area contributed by atoms with Gasteiger partial charge in [0, 0.05) is 25.5 Å². The second-order valence-corrected chi connectivity index (χ2v) is 4.12. The van der Waals surface area contributed by atoms with Crippen LogP contribution in [0.5, 0.6) is 0 Å². The average Bonchev–Trinajstić information content (AvgIpc) is 2.17. The van der Waals surface area contributed by atoms with Crippen molar-refractivity contribution in [3.8, 4) is 0 Å². The Balaban J connectivity index is 1.92. The number of anilines is 1. The topological polar surface area (TPSA) is 47.0 Å². The first kappa shape index (κ1) is 10.4. The Kier molecular flexibility index (Phi) is 2.86. The molecule has 0 aliphatic heterocycles. The average molecular weight is 207 g/mol. The second kappa shape index (κ2) is 4.14. The summed E-state index contributed by atoms with van der Waals surface area (Å²) < 4.78 is 5.51. The van der Waals surface area contributed by atoms with Crippen LogP contribution in [-0.2, 0) is 4.74 Å². The maximum Gasteiger partial charge on any atom is 0.222 e. The molecule has 0 amide bonds. The van der Waals surface area contributed by atoms with Crippen molar-refractivity contribution in [2.45, 2.75) is 31.8 Å². The Hall–Kier alpha value is -1.16. The molecule has 1 saturated carbocycles. The van der Waals surface area contributed by atoms with Crippen LogP contribution in [0.15, 0.2) is 12.3 Å². The van der Waals surface area contributed by atoms with Crippen molar-refractivity contribution in [1.29, 1.82) is 0 Å². The van der Waals surface area contributed by atoms with Crippen LogP contribution in [0, 0.1) is 6.92 Å². The Labute approximate surface area is 90.1 Å². The summed E-state index contributed by atoms with van der Waals surface area (Å²) in [7, 11) is 1.78. The number of nitrogens with one attached hydrogen (secondary N) is 1. The smallest absolute Gasteiger partial charge is 0.222 e. The molecular formula is C11H17N3O. The predicted octanol–water partition coefficient (Wildman–Crippen LogP) is 1.77. The van der Waals surface area contributed by atoms with Crippen LogP contribution in [0.25, 0.3) is 0 Å². The highest BCUT2D eigenvalue weighted by atomic mass is 16.5. The minimum absolute atomic E-state index is 0.0209. The van der Waals surface area contributed by atoms with Crippen LogP contribution < -0.4 is 5.32 Å². The van der Waals surface area contributed by atoms with Crippen molar-refractivity contribution in [1.82, 2.24) is 9.97 Å². The Morgan fingerprint density at radius 3 is 2.87 bits per heavy atom. The molecule has 0 radical (unpaired) electrons. The zero-order valence-electron chi connectivity index (χ0n) is 9.29. The Morgan fingerprint density at radius 2 is 2.33 bits per heavy atom. The fourth-order valence-corrected chi connectivity index (χ4v) is 1.80. The van der Waals surface area contributed by atoms with E-state index in [0.717, 1.165) is 25.1 Å². The van der Waals surface area contributed by atoms with E-state index < -0.39 is 0 Å². The van der Waals surface area contributed by atoms with Crippen molar-refractivity contribution in [2.75, 3.05) is 19.0 Å². The lowest BCUT2D eigenvalue weighted by molar-refractivity contribution is -0.0602. The van der Waals surface area contributed by atoms with Gasteiger partial charge < -0.3 is 10.1 Å². The standard InChI is InChI=1S/C11H17N3O/c1-9-4-7-12-10(14-9)13-8-11(15-2)5-3-6-11/h4,7H,3,5-6,8H2,1-2H3,(H,12,13,14). The van der Waals surface area contributed by atoms with Gasteiger partial charge in [-0.15, -0.1) is 0 Å². The van der Waals surface area contributed by atoms with Gasteiger partial charge in [-0.05, 0) is 32.3 Å². The number of nitrogens with zero attached hydrogens (tertiary/aromatic N) is 2. The molecule has 0 aromatic carbocycles. The van der Waals surface area contributed by atoms with Gasteiger partial charge in [-0.2, -0.15) is 0 Å². The third-order valence-corrected chi connectivity index (χ3v) is 3.06. The zero-order valence-corrected chi connectivity index (χ0v) is 9.29. The quantitative estimate of drug-likeness (QED) is 0.817. The number of ether oxygens (including phenoxy) is 1. The van der Waals surface area contributed by atoms with Gasteiger partial charge in [0.25, 0.3) is 0 Å². The van der Waals surface area contributed by atoms with Crippen LogP contribution >= 0.6 is 0 Å². The molecule has 0 unspecified atom stereocenters. The molecule has 1 aromatic heterocycles. The molecule has 0 spiro atoms.